The van der Waals surface area contributed by atoms with Crippen LogP contribution in [0.5, 0.6) is 0 Å². The summed E-state index contributed by atoms with van der Waals surface area (Å²) in [6.07, 6.45) is 67.8. The van der Waals surface area contributed by atoms with Gasteiger partial charge >= 0.3 is 13.8 Å². The fourth-order valence-electron chi connectivity index (χ4n) is 8.82. The third-order valence-corrected chi connectivity index (χ3v) is 14.7. The molecule has 0 aliphatic heterocycles. The van der Waals surface area contributed by atoms with Gasteiger partial charge in [-0.05, 0) is 96.0 Å². The number of nitrogens with one attached hydrogen (secondary N) is 1. The number of esters is 1. The number of carbonyl (C=O) groups is 2. The summed E-state index contributed by atoms with van der Waals surface area (Å²) in [5, 5.41) is 3.05. The average Bonchev–Trinajstić information content (AvgIpc) is 3.36. The summed E-state index contributed by atoms with van der Waals surface area (Å²) >= 11 is 0. The van der Waals surface area contributed by atoms with Crippen LogP contribution in [0.4, 0.5) is 0 Å². The van der Waals surface area contributed by atoms with Crippen LogP contribution in [0.25, 0.3) is 0 Å². The van der Waals surface area contributed by atoms with Crippen molar-refractivity contribution < 1.29 is 37.3 Å². The monoisotopic (exact) mass is 1060 g/mol. The smallest absolute Gasteiger partial charge is 0.456 e. The fourth-order valence-corrected chi connectivity index (χ4v) is 9.56. The van der Waals surface area contributed by atoms with Crippen molar-refractivity contribution >= 4 is 19.7 Å². The fraction of sp³-hybridized carbons (Fsp3) is 0.812. The van der Waals surface area contributed by atoms with Gasteiger partial charge in [0.1, 0.15) is 19.3 Å². The normalized spacial score (nSPS) is 14.1. The van der Waals surface area contributed by atoms with Crippen molar-refractivity contribution in [3.05, 3.63) is 60.8 Å². The lowest BCUT2D eigenvalue weighted by Gasteiger charge is -2.27. The van der Waals surface area contributed by atoms with Crippen molar-refractivity contribution in [1.82, 2.24) is 5.32 Å². The molecule has 1 amide bonds. The van der Waals surface area contributed by atoms with E-state index >= 15 is 0 Å². The zero-order valence-electron chi connectivity index (χ0n) is 49.3. The van der Waals surface area contributed by atoms with Crippen LogP contribution in [0.15, 0.2) is 60.8 Å². The van der Waals surface area contributed by atoms with Gasteiger partial charge < -0.3 is 19.4 Å². The Bertz CT molecular complexity index is 1450. The van der Waals surface area contributed by atoms with Gasteiger partial charge in [-0.25, -0.2) is 4.57 Å². The SMILES string of the molecule is CCCCC/C=C\C/C=C\C/C=C\CCCCCCCCC(=O)OC(/C=C/CCCCCCCCCCCC)C(COP(=O)(O)OCC[N+](C)(C)C)NC(=O)CCCCCCCCC/C=C/CCCCCCCC. The van der Waals surface area contributed by atoms with Gasteiger partial charge in [-0.1, -0.05) is 236 Å². The molecule has 432 valence electrons. The molecule has 0 bridgehead atoms. The van der Waals surface area contributed by atoms with Gasteiger partial charge in [0.25, 0.3) is 0 Å². The molecule has 0 saturated carbocycles. The summed E-state index contributed by atoms with van der Waals surface area (Å²) in [6.45, 7) is 6.98. The Kier molecular flexibility index (Phi) is 52.4. The molecule has 0 aromatic heterocycles. The summed E-state index contributed by atoms with van der Waals surface area (Å²) in [5.41, 5.74) is 0. The molecular formula is C64H120N2O7P+. The van der Waals surface area contributed by atoms with Crippen molar-refractivity contribution in [3.8, 4) is 0 Å². The number of likely N-dealkylation sites (N-methyl/N-ethyl adjacent to an activating group) is 1. The molecule has 3 unspecified atom stereocenters. The number of unbranched alkanes of at least 4 members (excludes halogenated alkanes) is 32. The van der Waals surface area contributed by atoms with Crippen LogP contribution in [-0.4, -0.2) is 74.3 Å². The third-order valence-electron chi connectivity index (χ3n) is 13.7. The molecule has 0 aromatic rings. The molecule has 0 aliphatic rings. The predicted molar refractivity (Wildman–Crippen MR) is 318 cm³/mol. The van der Waals surface area contributed by atoms with Gasteiger partial charge in [0.15, 0.2) is 0 Å². The number of nitrogens with zero attached hydrogens (tertiary/aromatic N) is 1. The Labute approximate surface area is 458 Å². The molecule has 74 heavy (non-hydrogen) atoms. The van der Waals surface area contributed by atoms with Crippen LogP contribution in [0.1, 0.15) is 284 Å². The summed E-state index contributed by atoms with van der Waals surface area (Å²) < 4.78 is 30.7. The molecular weight excluding hydrogens is 940 g/mol. The number of phosphoric acid groups is 1. The van der Waals surface area contributed by atoms with E-state index in [2.05, 4.69) is 74.7 Å². The Hall–Kier alpha value is -2.29. The van der Waals surface area contributed by atoms with E-state index in [1.165, 1.54) is 154 Å². The van der Waals surface area contributed by atoms with Crippen LogP contribution in [0.2, 0.25) is 0 Å². The van der Waals surface area contributed by atoms with E-state index in [0.717, 1.165) is 96.3 Å². The second-order valence-corrected chi connectivity index (χ2v) is 23.7. The van der Waals surface area contributed by atoms with Gasteiger partial charge in [0, 0.05) is 12.8 Å². The van der Waals surface area contributed by atoms with E-state index in [1.807, 2.05) is 33.3 Å². The maximum atomic E-state index is 13.5. The second kappa shape index (κ2) is 54.1. The minimum absolute atomic E-state index is 0.0362. The van der Waals surface area contributed by atoms with Crippen molar-refractivity contribution in [2.24, 2.45) is 0 Å². The maximum Gasteiger partial charge on any atom is 0.472 e. The highest BCUT2D eigenvalue weighted by molar-refractivity contribution is 7.47. The molecule has 0 aromatic carbocycles. The first-order chi connectivity index (χ1) is 35.9. The van der Waals surface area contributed by atoms with Gasteiger partial charge in [0.2, 0.25) is 5.91 Å². The van der Waals surface area contributed by atoms with Gasteiger partial charge in [-0.15, -0.1) is 0 Å². The standard InChI is InChI=1S/C64H119N2O7P/c1-7-10-13-16-19-22-25-28-30-32-33-35-37-39-42-45-48-51-54-57-64(68)73-62(55-52-49-46-43-40-27-24-21-18-15-12-9-3)61(60-72-74(69,70)71-59-58-66(4,5)6)65-63(67)56-53-50-47-44-41-38-36-34-31-29-26-23-20-17-14-11-8-2/h19,22,28-31,33,35,52,55,61-62H,7-18,20-21,23-27,32,34,36-51,53-54,56-60H2,1-6H3,(H-,65,67,69,70)/p+1/b22-19-,30-28-,31-29+,35-33-,55-52+. The molecule has 9 nitrogen and oxygen atoms in total. The molecule has 0 saturated heterocycles. The van der Waals surface area contributed by atoms with Crippen molar-refractivity contribution in [1.29, 1.82) is 0 Å². The Morgan fingerprint density at radius 3 is 1.27 bits per heavy atom. The number of hydrogen-bond donors (Lipinski definition) is 2. The number of ether oxygens (including phenoxy) is 1. The lowest BCUT2D eigenvalue weighted by atomic mass is 10.0. The van der Waals surface area contributed by atoms with E-state index in [0.29, 0.717) is 17.4 Å². The van der Waals surface area contributed by atoms with Crippen molar-refractivity contribution in [2.45, 2.75) is 296 Å². The number of allylic oxidation sites excluding steroid dienone is 9. The number of rotatable bonds is 56. The quantitative estimate of drug-likeness (QED) is 0.0205. The van der Waals surface area contributed by atoms with E-state index < -0.39 is 20.0 Å². The highest BCUT2D eigenvalue weighted by atomic mass is 31.2. The Balaban J connectivity index is 5.29. The molecule has 10 heteroatoms. The lowest BCUT2D eigenvalue weighted by molar-refractivity contribution is -0.870. The van der Waals surface area contributed by atoms with Crippen molar-refractivity contribution in [3.63, 3.8) is 0 Å². The van der Waals surface area contributed by atoms with Gasteiger partial charge in [-0.3, -0.25) is 18.6 Å². The molecule has 0 fully saturated rings. The minimum Gasteiger partial charge on any atom is -0.456 e. The first-order valence-corrected chi connectivity index (χ1v) is 32.6. The van der Waals surface area contributed by atoms with Crippen LogP contribution in [-0.2, 0) is 27.9 Å². The van der Waals surface area contributed by atoms with E-state index in [9.17, 15) is 19.0 Å². The molecule has 3 atom stereocenters. The molecule has 0 aliphatic carbocycles. The first-order valence-electron chi connectivity index (χ1n) is 31.1. The van der Waals surface area contributed by atoms with Gasteiger partial charge in [-0.2, -0.15) is 0 Å². The van der Waals surface area contributed by atoms with E-state index in [-0.39, 0.29) is 31.5 Å². The highest BCUT2D eigenvalue weighted by Crippen LogP contribution is 2.43. The van der Waals surface area contributed by atoms with Crippen molar-refractivity contribution in [2.75, 3.05) is 40.9 Å². The summed E-state index contributed by atoms with van der Waals surface area (Å²) in [5.74, 6) is -0.520. The molecule has 0 rings (SSSR count). The van der Waals surface area contributed by atoms with Crippen LogP contribution < -0.4 is 5.32 Å². The van der Waals surface area contributed by atoms with E-state index in [4.69, 9.17) is 13.8 Å². The number of amides is 1. The third kappa shape index (κ3) is 54.5. The van der Waals surface area contributed by atoms with Crippen LogP contribution in [0, 0.1) is 0 Å². The summed E-state index contributed by atoms with van der Waals surface area (Å²) in [6, 6.07) is -0.856. The van der Waals surface area contributed by atoms with Crippen LogP contribution >= 0.6 is 7.82 Å². The minimum atomic E-state index is -4.45. The maximum absolute atomic E-state index is 13.5. The molecule has 0 radical (unpaired) electrons. The predicted octanol–water partition coefficient (Wildman–Crippen LogP) is 19.1. The second-order valence-electron chi connectivity index (χ2n) is 22.2. The number of hydrogen-bond acceptors (Lipinski definition) is 6. The van der Waals surface area contributed by atoms with E-state index in [1.54, 1.807) is 0 Å². The molecule has 0 spiro atoms. The number of phosphoric ester groups is 1. The number of quaternary nitrogens is 1. The summed E-state index contributed by atoms with van der Waals surface area (Å²) in [4.78, 5) is 37.7. The Morgan fingerprint density at radius 1 is 0.473 bits per heavy atom. The lowest BCUT2D eigenvalue weighted by Crippen LogP contribution is -2.47. The topological polar surface area (TPSA) is 111 Å². The average molecular weight is 1060 g/mol. The summed E-state index contributed by atoms with van der Waals surface area (Å²) in [7, 11) is 1.49. The largest absolute Gasteiger partial charge is 0.472 e. The Morgan fingerprint density at radius 2 is 0.824 bits per heavy atom. The van der Waals surface area contributed by atoms with Crippen LogP contribution in [0.3, 0.4) is 0 Å². The highest BCUT2D eigenvalue weighted by Gasteiger charge is 2.30. The first kappa shape index (κ1) is 71.7. The zero-order valence-corrected chi connectivity index (χ0v) is 50.2. The number of carbonyl (C=O) groups excluding carboxylic acids is 2. The molecule has 2 N–H and O–H groups in total. The zero-order chi connectivity index (χ0) is 54.3. The molecule has 0 heterocycles. The van der Waals surface area contributed by atoms with Gasteiger partial charge in [0.05, 0.1) is 33.8 Å².